The summed E-state index contributed by atoms with van der Waals surface area (Å²) in [5.41, 5.74) is 0.644. The third kappa shape index (κ3) is 2.71. The zero-order chi connectivity index (χ0) is 19.1. The number of pyridine rings is 1. The minimum absolute atomic E-state index is 0.167. The van der Waals surface area contributed by atoms with Crippen molar-refractivity contribution in [2.45, 2.75) is 19.4 Å². The molecule has 0 unspecified atom stereocenters. The Morgan fingerprint density at radius 1 is 1.22 bits per heavy atom. The first kappa shape index (κ1) is 16.8. The van der Waals surface area contributed by atoms with Crippen molar-refractivity contribution in [3.63, 3.8) is 0 Å². The summed E-state index contributed by atoms with van der Waals surface area (Å²) >= 11 is 0. The van der Waals surface area contributed by atoms with Gasteiger partial charge in [0.15, 0.2) is 0 Å². The lowest BCUT2D eigenvalue weighted by molar-refractivity contribution is -0.384. The van der Waals surface area contributed by atoms with Gasteiger partial charge < -0.3 is 15.0 Å². The van der Waals surface area contributed by atoms with E-state index in [1.165, 1.54) is 28.8 Å². The molecule has 27 heavy (non-hydrogen) atoms. The van der Waals surface area contributed by atoms with Crippen LogP contribution in [0.25, 0.3) is 10.9 Å². The predicted octanol–water partition coefficient (Wildman–Crippen LogP) is 2.81. The fraction of sp³-hybridized carbons (Fsp3) is 0.158. The molecule has 1 aliphatic rings. The Labute approximate surface area is 152 Å². The Balaban J connectivity index is 1.83. The van der Waals surface area contributed by atoms with Gasteiger partial charge in [-0.3, -0.25) is 19.7 Å². The Bertz CT molecular complexity index is 1170. The summed E-state index contributed by atoms with van der Waals surface area (Å²) in [5, 5.41) is 24.4. The SMILES string of the molecule is O=C(Nc1cccc([N+](=O)[O-])c1)c1c(O)c2cccc3c2n(c1=O)CCC3. The van der Waals surface area contributed by atoms with E-state index < -0.39 is 16.4 Å². The summed E-state index contributed by atoms with van der Waals surface area (Å²) in [6, 6.07) is 10.7. The number of aromatic nitrogens is 1. The maximum absolute atomic E-state index is 12.9. The molecule has 0 bridgehead atoms. The average Bonchev–Trinajstić information content (AvgIpc) is 2.66. The summed E-state index contributed by atoms with van der Waals surface area (Å²) in [6.07, 6.45) is 1.57. The number of benzene rings is 2. The van der Waals surface area contributed by atoms with Crippen LogP contribution in [0.4, 0.5) is 11.4 Å². The van der Waals surface area contributed by atoms with Gasteiger partial charge in [0.05, 0.1) is 10.4 Å². The molecule has 3 aromatic rings. The number of para-hydroxylation sites is 1. The first-order chi connectivity index (χ1) is 13.0. The molecule has 1 amide bonds. The molecule has 2 N–H and O–H groups in total. The summed E-state index contributed by atoms with van der Waals surface area (Å²) in [7, 11) is 0. The number of aromatic hydroxyl groups is 1. The highest BCUT2D eigenvalue weighted by Crippen LogP contribution is 2.32. The lowest BCUT2D eigenvalue weighted by Crippen LogP contribution is -2.31. The number of carbonyl (C=O) groups is 1. The predicted molar refractivity (Wildman–Crippen MR) is 99.2 cm³/mol. The molecule has 0 saturated carbocycles. The smallest absolute Gasteiger partial charge is 0.271 e. The third-order valence-electron chi connectivity index (χ3n) is 4.71. The van der Waals surface area contributed by atoms with Crippen LogP contribution in [0.5, 0.6) is 5.75 Å². The molecule has 8 heteroatoms. The van der Waals surface area contributed by atoms with E-state index in [9.17, 15) is 24.8 Å². The normalized spacial score (nSPS) is 12.7. The highest BCUT2D eigenvalue weighted by Gasteiger charge is 2.25. The number of aryl methyl sites for hydroxylation is 2. The van der Waals surface area contributed by atoms with Gasteiger partial charge in [-0.05, 0) is 30.5 Å². The van der Waals surface area contributed by atoms with E-state index in [0.717, 1.165) is 18.4 Å². The number of anilines is 1. The van der Waals surface area contributed by atoms with E-state index >= 15 is 0 Å². The molecule has 0 saturated heterocycles. The van der Waals surface area contributed by atoms with Crippen LogP contribution in [0.3, 0.4) is 0 Å². The number of nitro groups is 1. The van der Waals surface area contributed by atoms with Crippen LogP contribution in [0.2, 0.25) is 0 Å². The zero-order valence-corrected chi connectivity index (χ0v) is 14.1. The number of nitro benzene ring substituents is 1. The van der Waals surface area contributed by atoms with Crippen LogP contribution in [0.1, 0.15) is 22.3 Å². The fourth-order valence-corrected chi connectivity index (χ4v) is 3.51. The van der Waals surface area contributed by atoms with Gasteiger partial charge in [0.1, 0.15) is 11.3 Å². The summed E-state index contributed by atoms with van der Waals surface area (Å²) in [5.74, 6) is -1.18. The van der Waals surface area contributed by atoms with Gasteiger partial charge >= 0.3 is 0 Å². The van der Waals surface area contributed by atoms with Crippen LogP contribution >= 0.6 is 0 Å². The Hall–Kier alpha value is -3.68. The monoisotopic (exact) mass is 365 g/mol. The molecular weight excluding hydrogens is 350 g/mol. The quantitative estimate of drug-likeness (QED) is 0.547. The average molecular weight is 365 g/mol. The van der Waals surface area contributed by atoms with Crippen molar-refractivity contribution < 1.29 is 14.8 Å². The van der Waals surface area contributed by atoms with E-state index in [2.05, 4.69) is 5.32 Å². The van der Waals surface area contributed by atoms with E-state index in [1.807, 2.05) is 6.07 Å². The molecule has 0 atom stereocenters. The fourth-order valence-electron chi connectivity index (χ4n) is 3.51. The first-order valence-electron chi connectivity index (χ1n) is 8.40. The molecule has 2 heterocycles. The molecule has 8 nitrogen and oxygen atoms in total. The van der Waals surface area contributed by atoms with E-state index in [4.69, 9.17) is 0 Å². The summed E-state index contributed by atoms with van der Waals surface area (Å²) in [4.78, 5) is 35.9. The molecular formula is C19H15N3O5. The van der Waals surface area contributed by atoms with Crippen molar-refractivity contribution in [1.82, 2.24) is 4.57 Å². The number of hydrogen-bond acceptors (Lipinski definition) is 5. The highest BCUT2D eigenvalue weighted by atomic mass is 16.6. The highest BCUT2D eigenvalue weighted by molar-refractivity contribution is 6.09. The Morgan fingerprint density at radius 3 is 2.78 bits per heavy atom. The van der Waals surface area contributed by atoms with Crippen molar-refractivity contribution in [2.75, 3.05) is 5.32 Å². The minimum Gasteiger partial charge on any atom is -0.506 e. The second-order valence-corrected chi connectivity index (χ2v) is 6.36. The molecule has 0 radical (unpaired) electrons. The molecule has 0 aliphatic carbocycles. The molecule has 1 aromatic heterocycles. The number of nitrogens with zero attached hydrogens (tertiary/aromatic N) is 2. The Morgan fingerprint density at radius 2 is 2.00 bits per heavy atom. The van der Waals surface area contributed by atoms with Crippen molar-refractivity contribution in [3.8, 4) is 5.75 Å². The van der Waals surface area contributed by atoms with Crippen molar-refractivity contribution in [3.05, 3.63) is 74.1 Å². The van der Waals surface area contributed by atoms with Gasteiger partial charge in [-0.15, -0.1) is 0 Å². The van der Waals surface area contributed by atoms with Crippen LogP contribution in [-0.2, 0) is 13.0 Å². The Kier molecular flexibility index (Phi) is 3.88. The lowest BCUT2D eigenvalue weighted by atomic mass is 9.99. The van der Waals surface area contributed by atoms with Gasteiger partial charge in [0.25, 0.3) is 17.2 Å². The van der Waals surface area contributed by atoms with Gasteiger partial charge in [-0.1, -0.05) is 18.2 Å². The maximum Gasteiger partial charge on any atom is 0.271 e. The van der Waals surface area contributed by atoms with Crippen LogP contribution in [-0.4, -0.2) is 20.5 Å². The molecule has 0 fully saturated rings. The summed E-state index contributed by atoms with van der Waals surface area (Å²) in [6.45, 7) is 0.462. The van der Waals surface area contributed by atoms with Crippen LogP contribution < -0.4 is 10.9 Å². The number of hydrogen-bond donors (Lipinski definition) is 2. The van der Waals surface area contributed by atoms with Gasteiger partial charge in [-0.25, -0.2) is 0 Å². The maximum atomic E-state index is 12.9. The third-order valence-corrected chi connectivity index (χ3v) is 4.71. The topological polar surface area (TPSA) is 114 Å². The lowest BCUT2D eigenvalue weighted by Gasteiger charge is -2.21. The van der Waals surface area contributed by atoms with Crippen LogP contribution in [0.15, 0.2) is 47.3 Å². The number of carbonyl (C=O) groups excluding carboxylic acids is 1. The molecule has 4 rings (SSSR count). The molecule has 1 aliphatic heterocycles. The largest absolute Gasteiger partial charge is 0.506 e. The second kappa shape index (κ2) is 6.24. The standard InChI is InChI=1S/C19H15N3O5/c23-17-14-8-1-4-11-5-3-9-21(16(11)14)19(25)15(17)18(24)20-12-6-2-7-13(10-12)22(26)27/h1-2,4,6-8,10,23H,3,5,9H2,(H,20,24). The van der Waals surface area contributed by atoms with Crippen molar-refractivity contribution in [1.29, 1.82) is 0 Å². The van der Waals surface area contributed by atoms with E-state index in [0.29, 0.717) is 17.4 Å². The van der Waals surface area contributed by atoms with Crippen LogP contribution in [0, 0.1) is 10.1 Å². The van der Waals surface area contributed by atoms with Gasteiger partial charge in [0.2, 0.25) is 0 Å². The number of nitrogens with one attached hydrogen (secondary N) is 1. The van der Waals surface area contributed by atoms with Gasteiger partial charge in [0, 0.05) is 29.8 Å². The van der Waals surface area contributed by atoms with E-state index in [-0.39, 0.29) is 22.7 Å². The van der Waals surface area contributed by atoms with Gasteiger partial charge in [-0.2, -0.15) is 0 Å². The van der Waals surface area contributed by atoms with E-state index in [1.54, 1.807) is 12.1 Å². The molecule has 0 spiro atoms. The second-order valence-electron chi connectivity index (χ2n) is 6.36. The number of non-ortho nitro benzene ring substituents is 1. The van der Waals surface area contributed by atoms with Crippen molar-refractivity contribution in [2.24, 2.45) is 0 Å². The minimum atomic E-state index is -0.806. The molecule has 2 aromatic carbocycles. The summed E-state index contributed by atoms with van der Waals surface area (Å²) < 4.78 is 1.51. The number of amides is 1. The first-order valence-corrected chi connectivity index (χ1v) is 8.40. The van der Waals surface area contributed by atoms with Crippen molar-refractivity contribution >= 4 is 28.2 Å². The number of rotatable bonds is 3. The molecule has 136 valence electrons. The zero-order valence-electron chi connectivity index (χ0n) is 14.1.